The van der Waals surface area contributed by atoms with Gasteiger partial charge in [-0.25, -0.2) is 0 Å². The molecule has 0 unspecified atom stereocenters. The second kappa shape index (κ2) is 15.8. The monoisotopic (exact) mass is 874 g/mol. The highest BCUT2D eigenvalue weighted by Gasteiger charge is 2.23. The molecular formula is C68H42O. The Morgan fingerprint density at radius 3 is 1.13 bits per heavy atom. The van der Waals surface area contributed by atoms with Crippen molar-refractivity contribution < 1.29 is 4.42 Å². The minimum atomic E-state index is 0.875. The van der Waals surface area contributed by atoms with Crippen molar-refractivity contribution in [2.75, 3.05) is 0 Å². The molecule has 0 saturated heterocycles. The summed E-state index contributed by atoms with van der Waals surface area (Å²) in [5.74, 6) is 0. The molecule has 0 saturated carbocycles. The van der Waals surface area contributed by atoms with Gasteiger partial charge in [0.1, 0.15) is 11.2 Å². The lowest BCUT2D eigenvalue weighted by Crippen LogP contribution is -1.92. The summed E-state index contributed by atoms with van der Waals surface area (Å²) in [5, 5.41) is 14.5. The number of hydrogen-bond donors (Lipinski definition) is 0. The summed E-state index contributed by atoms with van der Waals surface area (Å²) in [7, 11) is 0. The Kier molecular flexibility index (Phi) is 8.97. The number of rotatable bonds is 6. The largest absolute Gasteiger partial charge is 0.456 e. The molecule has 0 atom stereocenters. The first-order valence-electron chi connectivity index (χ1n) is 23.8. The number of furan rings is 1. The van der Waals surface area contributed by atoms with Crippen molar-refractivity contribution in [1.29, 1.82) is 0 Å². The number of benzene rings is 13. The van der Waals surface area contributed by atoms with E-state index in [0.717, 1.165) is 33.1 Å². The molecule has 0 radical (unpaired) electrons. The zero-order valence-electron chi connectivity index (χ0n) is 37.7. The van der Waals surface area contributed by atoms with E-state index in [4.69, 9.17) is 4.42 Å². The molecule has 0 N–H and O–H groups in total. The Hall–Kier alpha value is -9.04. The van der Waals surface area contributed by atoms with E-state index in [1.54, 1.807) is 0 Å². The maximum atomic E-state index is 6.80. The Morgan fingerprint density at radius 1 is 0.188 bits per heavy atom. The zero-order chi connectivity index (χ0) is 45.4. The van der Waals surface area contributed by atoms with Crippen molar-refractivity contribution >= 4 is 75.8 Å². The van der Waals surface area contributed by atoms with Gasteiger partial charge < -0.3 is 4.42 Å². The van der Waals surface area contributed by atoms with Gasteiger partial charge >= 0.3 is 0 Å². The van der Waals surface area contributed by atoms with Crippen LogP contribution in [0.5, 0.6) is 0 Å². The van der Waals surface area contributed by atoms with Gasteiger partial charge in [0.15, 0.2) is 0 Å². The van der Waals surface area contributed by atoms with Crippen LogP contribution in [0.4, 0.5) is 0 Å². The van der Waals surface area contributed by atoms with E-state index >= 15 is 0 Å². The molecule has 1 nitrogen and oxygen atoms in total. The van der Waals surface area contributed by atoms with Crippen LogP contribution in [0.15, 0.2) is 259 Å². The molecule has 0 aliphatic heterocycles. The molecule has 0 bridgehead atoms. The molecule has 13 aromatic carbocycles. The third kappa shape index (κ3) is 6.18. The summed E-state index contributed by atoms with van der Waals surface area (Å²) in [6.45, 7) is 0. The smallest absolute Gasteiger partial charge is 0.136 e. The highest BCUT2D eigenvalue weighted by Crippen LogP contribution is 2.50. The van der Waals surface area contributed by atoms with Crippen LogP contribution in [0.3, 0.4) is 0 Å². The van der Waals surface area contributed by atoms with Crippen LogP contribution in [0.2, 0.25) is 0 Å². The average molecular weight is 875 g/mol. The van der Waals surface area contributed by atoms with Gasteiger partial charge in [-0.2, -0.15) is 0 Å². The van der Waals surface area contributed by atoms with Crippen LogP contribution in [-0.2, 0) is 0 Å². The first-order valence-corrected chi connectivity index (χ1v) is 23.8. The molecular weight excluding hydrogens is 833 g/mol. The van der Waals surface area contributed by atoms with E-state index < -0.39 is 0 Å². The first kappa shape index (κ1) is 39.2. The molecule has 14 rings (SSSR count). The highest BCUT2D eigenvalue weighted by molar-refractivity contribution is 6.28. The van der Waals surface area contributed by atoms with Crippen LogP contribution in [0.25, 0.3) is 143 Å². The molecule has 0 amide bonds. The van der Waals surface area contributed by atoms with E-state index in [9.17, 15) is 0 Å². The summed E-state index contributed by atoms with van der Waals surface area (Å²) in [5.41, 5.74) is 16.4. The van der Waals surface area contributed by atoms with Crippen LogP contribution >= 0.6 is 0 Å². The Labute approximate surface area is 399 Å². The highest BCUT2D eigenvalue weighted by atomic mass is 16.3. The van der Waals surface area contributed by atoms with Crippen LogP contribution < -0.4 is 0 Å². The van der Waals surface area contributed by atoms with Gasteiger partial charge in [0.05, 0.1) is 0 Å². The molecule has 14 aromatic rings. The lowest BCUT2D eigenvalue weighted by molar-refractivity contribution is 0.669. The fraction of sp³-hybridized carbons (Fsp3) is 0. The average Bonchev–Trinajstić information content (AvgIpc) is 3.80. The molecule has 320 valence electrons. The van der Waals surface area contributed by atoms with Crippen molar-refractivity contribution in [1.82, 2.24) is 0 Å². The van der Waals surface area contributed by atoms with Crippen molar-refractivity contribution in [3.8, 4) is 66.8 Å². The van der Waals surface area contributed by atoms with E-state index in [1.165, 1.54) is 109 Å². The molecule has 0 spiro atoms. The van der Waals surface area contributed by atoms with E-state index in [0.29, 0.717) is 0 Å². The van der Waals surface area contributed by atoms with Gasteiger partial charge in [0.25, 0.3) is 0 Å². The molecule has 0 aliphatic rings. The topological polar surface area (TPSA) is 13.1 Å². The fourth-order valence-corrected chi connectivity index (χ4v) is 11.5. The second-order valence-corrected chi connectivity index (χ2v) is 18.2. The van der Waals surface area contributed by atoms with Gasteiger partial charge in [-0.3, -0.25) is 0 Å². The minimum absolute atomic E-state index is 0.875. The predicted octanol–water partition coefficient (Wildman–Crippen LogP) is 19.4. The summed E-state index contributed by atoms with van der Waals surface area (Å²) < 4.78 is 6.80. The third-order valence-electron chi connectivity index (χ3n) is 14.5. The lowest BCUT2D eigenvalue weighted by atomic mass is 9.83. The van der Waals surface area contributed by atoms with Crippen molar-refractivity contribution in [3.63, 3.8) is 0 Å². The van der Waals surface area contributed by atoms with Crippen molar-refractivity contribution in [2.24, 2.45) is 0 Å². The standard InChI is InChI=1S/C68H42O/c1-3-18-43(19-4-1)44-34-36-46(37-35-44)64-51-24-9-15-30-57(51)67(58-31-16-10-25-52(58)64)60-32-17-33-63-68(60)61-42-47(38-41-62(61)69-63)65-53-26-11-13-28-55(53)66(56-29-14-12-27-54(56)65)59-40-39-48(45-20-5-2-6-21-45)49-22-7-8-23-50(49)59/h1-42H. The number of fused-ring (bicyclic) bond motifs is 8. The maximum Gasteiger partial charge on any atom is 0.136 e. The molecule has 1 heterocycles. The summed E-state index contributed by atoms with van der Waals surface area (Å²) in [4.78, 5) is 0. The lowest BCUT2D eigenvalue weighted by Gasteiger charge is -2.20. The van der Waals surface area contributed by atoms with Gasteiger partial charge in [-0.1, -0.05) is 237 Å². The summed E-state index contributed by atoms with van der Waals surface area (Å²) in [6.07, 6.45) is 0. The SMILES string of the molecule is c1ccc(-c2ccc(-c3c4ccccc4c(-c4cccc5oc6ccc(-c7c8ccccc8c(-c8ccc(-c9ccccc9)c9ccccc89)c8ccccc78)cc6c45)c4ccccc34)cc2)cc1. The van der Waals surface area contributed by atoms with E-state index in [2.05, 4.69) is 255 Å². The van der Waals surface area contributed by atoms with Gasteiger partial charge in [0.2, 0.25) is 0 Å². The quantitative estimate of drug-likeness (QED) is 0.152. The zero-order valence-corrected chi connectivity index (χ0v) is 37.7. The predicted molar refractivity (Wildman–Crippen MR) is 294 cm³/mol. The first-order chi connectivity index (χ1) is 34.3. The molecule has 0 fully saturated rings. The second-order valence-electron chi connectivity index (χ2n) is 18.2. The van der Waals surface area contributed by atoms with Gasteiger partial charge in [0, 0.05) is 10.8 Å². The molecule has 1 heteroatoms. The van der Waals surface area contributed by atoms with E-state index in [-0.39, 0.29) is 0 Å². The molecule has 69 heavy (non-hydrogen) atoms. The van der Waals surface area contributed by atoms with Crippen molar-refractivity contribution in [2.45, 2.75) is 0 Å². The minimum Gasteiger partial charge on any atom is -0.456 e. The third-order valence-corrected chi connectivity index (χ3v) is 14.5. The summed E-state index contributed by atoms with van der Waals surface area (Å²) in [6, 6.07) is 93.2. The number of hydrogen-bond acceptors (Lipinski definition) is 1. The summed E-state index contributed by atoms with van der Waals surface area (Å²) >= 11 is 0. The Balaban J connectivity index is 0.988. The molecule has 1 aromatic heterocycles. The van der Waals surface area contributed by atoms with E-state index in [1.807, 2.05) is 0 Å². The fourth-order valence-electron chi connectivity index (χ4n) is 11.5. The van der Waals surface area contributed by atoms with Crippen LogP contribution in [-0.4, -0.2) is 0 Å². The van der Waals surface area contributed by atoms with Crippen LogP contribution in [0, 0.1) is 0 Å². The van der Waals surface area contributed by atoms with Crippen molar-refractivity contribution in [3.05, 3.63) is 255 Å². The van der Waals surface area contributed by atoms with Crippen LogP contribution in [0.1, 0.15) is 0 Å². The Bertz CT molecular complexity index is 4220. The molecule has 0 aliphatic carbocycles. The maximum absolute atomic E-state index is 6.80. The normalized spacial score (nSPS) is 11.8. The van der Waals surface area contributed by atoms with Gasteiger partial charge in [-0.15, -0.1) is 0 Å². The van der Waals surface area contributed by atoms with Gasteiger partial charge in [-0.05, 0) is 139 Å². The Morgan fingerprint density at radius 2 is 0.580 bits per heavy atom.